The number of methoxy groups -OCH3 is 1. The molecule has 0 saturated carbocycles. The zero-order chi connectivity index (χ0) is 15.0. The van der Waals surface area contributed by atoms with Gasteiger partial charge in [0.2, 0.25) is 0 Å². The van der Waals surface area contributed by atoms with E-state index in [0.717, 1.165) is 23.1 Å². The average Bonchev–Trinajstić information content (AvgIpc) is 2.76. The first-order chi connectivity index (χ1) is 10.0. The van der Waals surface area contributed by atoms with E-state index < -0.39 is 11.4 Å². The lowest BCUT2D eigenvalue weighted by molar-refractivity contribution is 0.0389. The van der Waals surface area contributed by atoms with Crippen LogP contribution >= 0.6 is 0 Å². The molecule has 110 valence electrons. The summed E-state index contributed by atoms with van der Waals surface area (Å²) in [6, 6.07) is 10.4. The lowest BCUT2D eigenvalue weighted by Gasteiger charge is -2.24. The first-order valence-corrected chi connectivity index (χ1v) is 6.95. The van der Waals surface area contributed by atoms with Crippen LogP contribution in [0.5, 0.6) is 5.75 Å². The summed E-state index contributed by atoms with van der Waals surface area (Å²) >= 11 is 0. The molecule has 1 aliphatic carbocycles. The van der Waals surface area contributed by atoms with Gasteiger partial charge in [0.25, 0.3) is 0 Å². The highest BCUT2D eigenvalue weighted by atomic mass is 19.1. The molecule has 0 heterocycles. The van der Waals surface area contributed by atoms with E-state index in [4.69, 9.17) is 10.5 Å². The first-order valence-electron chi connectivity index (χ1n) is 6.95. The maximum Gasteiger partial charge on any atom is 0.165 e. The number of halogens is 1. The van der Waals surface area contributed by atoms with Crippen molar-refractivity contribution in [2.75, 3.05) is 12.8 Å². The fourth-order valence-electron chi connectivity index (χ4n) is 3.09. The third kappa shape index (κ3) is 2.47. The molecule has 0 aromatic heterocycles. The lowest BCUT2D eigenvalue weighted by atomic mass is 9.88. The van der Waals surface area contributed by atoms with E-state index in [1.165, 1.54) is 13.2 Å². The number of ether oxygens (including phenoxy) is 1. The van der Waals surface area contributed by atoms with E-state index in [1.54, 1.807) is 18.2 Å². The second kappa shape index (κ2) is 5.04. The Hall–Kier alpha value is -2.07. The van der Waals surface area contributed by atoms with Gasteiger partial charge in [0, 0.05) is 12.1 Å². The van der Waals surface area contributed by atoms with Crippen molar-refractivity contribution >= 4 is 5.69 Å². The van der Waals surface area contributed by atoms with Crippen LogP contribution in [0.25, 0.3) is 0 Å². The van der Waals surface area contributed by atoms with Crippen LogP contribution in [0.4, 0.5) is 10.1 Å². The monoisotopic (exact) mass is 287 g/mol. The van der Waals surface area contributed by atoms with Gasteiger partial charge in [-0.05, 0) is 53.8 Å². The van der Waals surface area contributed by atoms with Crippen molar-refractivity contribution in [3.8, 4) is 5.75 Å². The standard InChI is InChI=1S/C17H18FNO2/c1-21-16-5-2-11(8-15(16)18)10-17(20)7-6-12-9-13(19)3-4-14(12)17/h2-5,8-9,20H,6-7,10,19H2,1H3. The van der Waals surface area contributed by atoms with Gasteiger partial charge in [-0.1, -0.05) is 12.1 Å². The van der Waals surface area contributed by atoms with E-state index >= 15 is 0 Å². The Bertz CT molecular complexity index is 686. The van der Waals surface area contributed by atoms with Crippen LogP contribution in [0.2, 0.25) is 0 Å². The van der Waals surface area contributed by atoms with Crippen molar-refractivity contribution < 1.29 is 14.2 Å². The van der Waals surface area contributed by atoms with Gasteiger partial charge in [-0.2, -0.15) is 0 Å². The number of fused-ring (bicyclic) bond motifs is 1. The SMILES string of the molecule is COc1ccc(CC2(O)CCc3cc(N)ccc32)cc1F. The number of anilines is 1. The maximum atomic E-state index is 13.8. The Labute approximate surface area is 123 Å². The van der Waals surface area contributed by atoms with Crippen molar-refractivity contribution in [2.45, 2.75) is 24.9 Å². The second-order valence-corrected chi connectivity index (χ2v) is 5.59. The van der Waals surface area contributed by atoms with Crippen molar-refractivity contribution in [1.29, 1.82) is 0 Å². The number of hydrogen-bond donors (Lipinski definition) is 2. The van der Waals surface area contributed by atoms with Gasteiger partial charge in [0.05, 0.1) is 12.7 Å². The molecule has 3 nitrogen and oxygen atoms in total. The van der Waals surface area contributed by atoms with Crippen molar-refractivity contribution in [2.24, 2.45) is 0 Å². The molecule has 0 amide bonds. The molecule has 0 bridgehead atoms. The van der Waals surface area contributed by atoms with E-state index in [9.17, 15) is 9.50 Å². The van der Waals surface area contributed by atoms with Gasteiger partial charge in [0.15, 0.2) is 11.6 Å². The Morgan fingerprint density at radius 2 is 2.10 bits per heavy atom. The maximum absolute atomic E-state index is 13.8. The van der Waals surface area contributed by atoms with Crippen LogP contribution in [0.15, 0.2) is 36.4 Å². The molecule has 0 spiro atoms. The minimum Gasteiger partial charge on any atom is -0.494 e. The molecule has 4 heteroatoms. The van der Waals surface area contributed by atoms with Crippen LogP contribution < -0.4 is 10.5 Å². The highest BCUT2D eigenvalue weighted by Crippen LogP contribution is 2.40. The van der Waals surface area contributed by atoms with Crippen molar-refractivity contribution in [1.82, 2.24) is 0 Å². The topological polar surface area (TPSA) is 55.5 Å². The number of nitrogens with two attached hydrogens (primary N) is 1. The quantitative estimate of drug-likeness (QED) is 0.854. The summed E-state index contributed by atoms with van der Waals surface area (Å²) in [5.74, 6) is -0.195. The van der Waals surface area contributed by atoms with E-state index in [-0.39, 0.29) is 5.75 Å². The first kappa shape index (κ1) is 13.9. The molecule has 21 heavy (non-hydrogen) atoms. The number of nitrogen functional groups attached to an aromatic ring is 1. The molecule has 2 aromatic carbocycles. The minimum atomic E-state index is -0.954. The number of benzene rings is 2. The summed E-state index contributed by atoms with van der Waals surface area (Å²) in [7, 11) is 1.43. The summed E-state index contributed by atoms with van der Waals surface area (Å²) < 4.78 is 18.7. The Balaban J connectivity index is 1.90. The molecule has 1 aliphatic rings. The van der Waals surface area contributed by atoms with Gasteiger partial charge in [-0.3, -0.25) is 0 Å². The lowest BCUT2D eigenvalue weighted by Crippen LogP contribution is -2.25. The highest BCUT2D eigenvalue weighted by molar-refractivity contribution is 5.49. The summed E-state index contributed by atoms with van der Waals surface area (Å²) in [4.78, 5) is 0. The van der Waals surface area contributed by atoms with Gasteiger partial charge >= 0.3 is 0 Å². The molecule has 3 rings (SSSR count). The summed E-state index contributed by atoms with van der Waals surface area (Å²) in [6.45, 7) is 0. The molecule has 3 N–H and O–H groups in total. The average molecular weight is 287 g/mol. The molecule has 0 fully saturated rings. The van der Waals surface area contributed by atoms with Crippen LogP contribution in [-0.4, -0.2) is 12.2 Å². The van der Waals surface area contributed by atoms with Crippen LogP contribution in [0.1, 0.15) is 23.1 Å². The number of hydrogen-bond acceptors (Lipinski definition) is 3. The molecule has 2 aromatic rings. The number of aryl methyl sites for hydroxylation is 1. The molecule has 1 atom stereocenters. The van der Waals surface area contributed by atoms with Crippen LogP contribution in [-0.2, 0) is 18.4 Å². The van der Waals surface area contributed by atoms with E-state index in [2.05, 4.69) is 0 Å². The zero-order valence-electron chi connectivity index (χ0n) is 11.9. The number of rotatable bonds is 3. The predicted molar refractivity (Wildman–Crippen MR) is 79.7 cm³/mol. The third-order valence-corrected chi connectivity index (χ3v) is 4.15. The summed E-state index contributed by atoms with van der Waals surface area (Å²) in [5.41, 5.74) is 8.25. The Morgan fingerprint density at radius 3 is 2.81 bits per heavy atom. The summed E-state index contributed by atoms with van der Waals surface area (Å²) in [6.07, 6.45) is 1.79. The molecule has 0 saturated heterocycles. The summed E-state index contributed by atoms with van der Waals surface area (Å²) in [5, 5.41) is 10.9. The normalized spacial score (nSPS) is 20.3. The van der Waals surface area contributed by atoms with Crippen molar-refractivity contribution in [3.63, 3.8) is 0 Å². The molecular formula is C17H18FNO2. The fourth-order valence-corrected chi connectivity index (χ4v) is 3.09. The van der Waals surface area contributed by atoms with E-state index in [1.807, 2.05) is 12.1 Å². The molecule has 0 radical (unpaired) electrons. The largest absolute Gasteiger partial charge is 0.494 e. The smallest absolute Gasteiger partial charge is 0.165 e. The zero-order valence-corrected chi connectivity index (χ0v) is 11.9. The van der Waals surface area contributed by atoms with Gasteiger partial charge < -0.3 is 15.6 Å². The predicted octanol–water partition coefficient (Wildman–Crippen LogP) is 2.79. The van der Waals surface area contributed by atoms with Gasteiger partial charge in [-0.15, -0.1) is 0 Å². The van der Waals surface area contributed by atoms with E-state index in [0.29, 0.717) is 18.5 Å². The molecular weight excluding hydrogens is 269 g/mol. The highest BCUT2D eigenvalue weighted by Gasteiger charge is 2.36. The van der Waals surface area contributed by atoms with Crippen LogP contribution in [0, 0.1) is 5.82 Å². The Kier molecular flexibility index (Phi) is 3.33. The molecule has 1 unspecified atom stereocenters. The van der Waals surface area contributed by atoms with Crippen LogP contribution in [0.3, 0.4) is 0 Å². The van der Waals surface area contributed by atoms with Crippen molar-refractivity contribution in [3.05, 3.63) is 58.9 Å². The Morgan fingerprint density at radius 1 is 1.29 bits per heavy atom. The second-order valence-electron chi connectivity index (χ2n) is 5.59. The fraction of sp³-hybridized carbons (Fsp3) is 0.294. The third-order valence-electron chi connectivity index (χ3n) is 4.15. The molecule has 0 aliphatic heterocycles. The van der Waals surface area contributed by atoms with Gasteiger partial charge in [-0.25, -0.2) is 4.39 Å². The minimum absolute atomic E-state index is 0.213. The number of aliphatic hydroxyl groups is 1. The van der Waals surface area contributed by atoms with Gasteiger partial charge in [0.1, 0.15) is 0 Å².